The van der Waals surface area contributed by atoms with Gasteiger partial charge in [0.1, 0.15) is 7.05 Å². The molecule has 0 aliphatic rings. The molecule has 0 spiro atoms. The van der Waals surface area contributed by atoms with Gasteiger partial charge in [0.25, 0.3) is 0 Å². The molecule has 0 atom stereocenters. The number of hydrogen-bond acceptors (Lipinski definition) is 0. The molecule has 22 heavy (non-hydrogen) atoms. The lowest BCUT2D eigenvalue weighted by molar-refractivity contribution is -0.678. The highest BCUT2D eigenvalue weighted by molar-refractivity contribution is 5.24. The normalized spacial score (nSPS) is 10.5. The summed E-state index contributed by atoms with van der Waals surface area (Å²) < 4.78 is 2.22. The first kappa shape index (κ1) is 21.4. The molecule has 0 saturated heterocycles. The molecule has 0 N–H and O–H groups in total. The first-order valence-electron chi connectivity index (χ1n) is 9.11. The Bertz CT molecular complexity index is 401. The summed E-state index contributed by atoms with van der Waals surface area (Å²) in [6.45, 7) is 6.77. The minimum absolute atomic E-state index is 0. The van der Waals surface area contributed by atoms with Gasteiger partial charge in [-0.15, -0.1) is 0 Å². The van der Waals surface area contributed by atoms with Crippen molar-refractivity contribution in [1.29, 1.82) is 0 Å². The van der Waals surface area contributed by atoms with E-state index >= 15 is 0 Å². The molecule has 0 bridgehead atoms. The van der Waals surface area contributed by atoms with Crippen LogP contribution in [-0.4, -0.2) is 0 Å². The lowest BCUT2D eigenvalue weighted by Crippen LogP contribution is -3.00. The van der Waals surface area contributed by atoms with Crippen molar-refractivity contribution in [2.75, 3.05) is 0 Å². The molecule has 0 radical (unpaired) electrons. The number of nitrogens with zero attached hydrogens (tertiary/aromatic N) is 1. The molecular formula is C20H36ClN. The SMILES string of the molecule is CCCCCCCCCCCCc1cc[n+](C)c(C)c1C.[Cl-]. The van der Waals surface area contributed by atoms with Crippen molar-refractivity contribution >= 4 is 0 Å². The van der Waals surface area contributed by atoms with E-state index in [-0.39, 0.29) is 12.4 Å². The first-order valence-corrected chi connectivity index (χ1v) is 9.11. The van der Waals surface area contributed by atoms with Crippen LogP contribution in [-0.2, 0) is 13.5 Å². The third kappa shape index (κ3) is 8.17. The summed E-state index contributed by atoms with van der Waals surface area (Å²) in [7, 11) is 2.13. The Hall–Kier alpha value is -0.560. The highest BCUT2D eigenvalue weighted by atomic mass is 35.5. The number of halogens is 1. The Morgan fingerprint density at radius 2 is 1.32 bits per heavy atom. The van der Waals surface area contributed by atoms with Crippen molar-refractivity contribution < 1.29 is 17.0 Å². The van der Waals surface area contributed by atoms with Crippen LogP contribution < -0.4 is 17.0 Å². The van der Waals surface area contributed by atoms with Gasteiger partial charge in [-0.25, -0.2) is 4.57 Å². The van der Waals surface area contributed by atoms with Crippen molar-refractivity contribution in [3.05, 3.63) is 29.1 Å². The maximum atomic E-state index is 2.30. The Balaban J connectivity index is 0.00000441. The number of pyridine rings is 1. The molecule has 2 heteroatoms. The van der Waals surface area contributed by atoms with Crippen LogP contribution in [0.3, 0.4) is 0 Å². The summed E-state index contributed by atoms with van der Waals surface area (Å²) in [5, 5.41) is 0. The summed E-state index contributed by atoms with van der Waals surface area (Å²) in [6.07, 6.45) is 17.6. The van der Waals surface area contributed by atoms with E-state index < -0.39 is 0 Å². The molecule has 128 valence electrons. The highest BCUT2D eigenvalue weighted by Crippen LogP contribution is 2.15. The van der Waals surface area contributed by atoms with Crippen LogP contribution in [0.25, 0.3) is 0 Å². The minimum atomic E-state index is 0. The number of hydrogen-bond donors (Lipinski definition) is 0. The van der Waals surface area contributed by atoms with Gasteiger partial charge in [-0.05, 0) is 25.3 Å². The number of rotatable bonds is 11. The van der Waals surface area contributed by atoms with Gasteiger partial charge in [-0.3, -0.25) is 0 Å². The summed E-state index contributed by atoms with van der Waals surface area (Å²) in [5.41, 5.74) is 4.43. The fourth-order valence-electron chi connectivity index (χ4n) is 3.01. The molecule has 0 aliphatic carbocycles. The van der Waals surface area contributed by atoms with Crippen LogP contribution in [0.5, 0.6) is 0 Å². The highest BCUT2D eigenvalue weighted by Gasteiger charge is 2.08. The van der Waals surface area contributed by atoms with Crippen LogP contribution in [0.2, 0.25) is 0 Å². The molecule has 0 aliphatic heterocycles. The zero-order chi connectivity index (χ0) is 15.5. The Kier molecular flexibility index (Phi) is 12.6. The molecule has 1 aromatic rings. The van der Waals surface area contributed by atoms with E-state index in [9.17, 15) is 0 Å². The first-order chi connectivity index (χ1) is 10.2. The fourth-order valence-corrected chi connectivity index (χ4v) is 3.01. The smallest absolute Gasteiger partial charge is 0.181 e. The fraction of sp³-hybridized carbons (Fsp3) is 0.750. The molecule has 1 aromatic heterocycles. The second kappa shape index (κ2) is 12.9. The molecule has 0 amide bonds. The average molecular weight is 326 g/mol. The van der Waals surface area contributed by atoms with Gasteiger partial charge in [-0.1, -0.05) is 64.7 Å². The molecule has 0 unspecified atom stereocenters. The lowest BCUT2D eigenvalue weighted by Gasteiger charge is -2.07. The maximum Gasteiger partial charge on any atom is 0.181 e. The van der Waals surface area contributed by atoms with Gasteiger partial charge in [0, 0.05) is 18.6 Å². The van der Waals surface area contributed by atoms with E-state index in [1.165, 1.54) is 81.9 Å². The van der Waals surface area contributed by atoms with E-state index in [2.05, 4.69) is 44.6 Å². The van der Waals surface area contributed by atoms with Crippen LogP contribution >= 0.6 is 0 Å². The predicted molar refractivity (Wildman–Crippen MR) is 92.6 cm³/mol. The average Bonchev–Trinajstić information content (AvgIpc) is 2.49. The second-order valence-electron chi connectivity index (χ2n) is 6.59. The van der Waals surface area contributed by atoms with E-state index in [4.69, 9.17) is 0 Å². The van der Waals surface area contributed by atoms with Gasteiger partial charge in [0.15, 0.2) is 11.9 Å². The second-order valence-corrected chi connectivity index (χ2v) is 6.59. The molecule has 1 nitrogen and oxygen atoms in total. The quantitative estimate of drug-likeness (QED) is 0.435. The molecule has 1 heterocycles. The van der Waals surface area contributed by atoms with E-state index in [0.29, 0.717) is 0 Å². The zero-order valence-electron chi connectivity index (χ0n) is 15.3. The van der Waals surface area contributed by atoms with Gasteiger partial charge in [0.2, 0.25) is 0 Å². The van der Waals surface area contributed by atoms with Gasteiger partial charge >= 0.3 is 0 Å². The summed E-state index contributed by atoms with van der Waals surface area (Å²) in [4.78, 5) is 0. The standard InChI is InChI=1S/C20H36N.ClH/c1-5-6-7-8-9-10-11-12-13-14-15-20-16-17-21(4)19(3)18(20)2;/h16-17H,5-15H2,1-4H3;1H/q+1;/p-1. The Labute approximate surface area is 144 Å². The lowest BCUT2D eigenvalue weighted by atomic mass is 10.0. The third-order valence-electron chi connectivity index (χ3n) is 4.85. The predicted octanol–water partition coefficient (Wildman–Crippen LogP) is 2.60. The summed E-state index contributed by atoms with van der Waals surface area (Å²) >= 11 is 0. The molecule has 1 rings (SSSR count). The van der Waals surface area contributed by atoms with Gasteiger partial charge in [-0.2, -0.15) is 0 Å². The maximum absolute atomic E-state index is 2.30. The summed E-state index contributed by atoms with van der Waals surface area (Å²) in [5.74, 6) is 0. The van der Waals surface area contributed by atoms with Crippen molar-refractivity contribution in [3.63, 3.8) is 0 Å². The van der Waals surface area contributed by atoms with E-state index in [1.54, 1.807) is 5.56 Å². The molecular weight excluding hydrogens is 290 g/mol. The van der Waals surface area contributed by atoms with E-state index in [1.807, 2.05) is 0 Å². The number of unbranched alkanes of at least 4 members (excludes halogenated alkanes) is 9. The Morgan fingerprint density at radius 1 is 0.818 bits per heavy atom. The third-order valence-corrected chi connectivity index (χ3v) is 4.85. The van der Waals surface area contributed by atoms with Crippen molar-refractivity contribution in [2.45, 2.75) is 91.4 Å². The van der Waals surface area contributed by atoms with Crippen LogP contribution in [0.15, 0.2) is 12.3 Å². The summed E-state index contributed by atoms with van der Waals surface area (Å²) in [6, 6.07) is 2.30. The van der Waals surface area contributed by atoms with Crippen molar-refractivity contribution in [2.24, 2.45) is 7.05 Å². The number of aromatic nitrogens is 1. The van der Waals surface area contributed by atoms with Gasteiger partial charge in [0.05, 0.1) is 0 Å². The molecule has 0 aromatic carbocycles. The van der Waals surface area contributed by atoms with Crippen LogP contribution in [0, 0.1) is 13.8 Å². The monoisotopic (exact) mass is 325 g/mol. The van der Waals surface area contributed by atoms with Gasteiger partial charge < -0.3 is 12.4 Å². The van der Waals surface area contributed by atoms with E-state index in [0.717, 1.165) is 0 Å². The van der Waals surface area contributed by atoms with Crippen molar-refractivity contribution in [3.8, 4) is 0 Å². The van der Waals surface area contributed by atoms with Crippen LogP contribution in [0.4, 0.5) is 0 Å². The van der Waals surface area contributed by atoms with Crippen LogP contribution in [0.1, 0.15) is 88.0 Å². The van der Waals surface area contributed by atoms with Crippen molar-refractivity contribution in [1.82, 2.24) is 0 Å². The Morgan fingerprint density at radius 3 is 1.86 bits per heavy atom. The number of aryl methyl sites for hydroxylation is 2. The molecule has 0 fully saturated rings. The zero-order valence-corrected chi connectivity index (χ0v) is 16.0. The topological polar surface area (TPSA) is 3.88 Å². The molecule has 0 saturated carbocycles. The largest absolute Gasteiger partial charge is 1.00 e. The minimum Gasteiger partial charge on any atom is -1.00 e.